The Labute approximate surface area is 78.7 Å². The molecule has 0 spiro atoms. The average Bonchev–Trinajstić information content (AvgIpc) is 1.82. The second kappa shape index (κ2) is 3.51. The Bertz CT molecular complexity index is 186. The van der Waals surface area contributed by atoms with E-state index in [2.05, 4.69) is 6.92 Å². The molecular formula is C6H4BrF6. The monoisotopic (exact) mass is 269 g/mol. The molecule has 0 saturated heterocycles. The van der Waals surface area contributed by atoms with E-state index in [1.54, 1.807) is 0 Å². The first-order chi connectivity index (χ1) is 5.56. The Morgan fingerprint density at radius 1 is 1.00 bits per heavy atom. The van der Waals surface area contributed by atoms with Crippen LogP contribution in [0.15, 0.2) is 12.2 Å². The molecule has 0 fully saturated rings. The number of allylic oxidation sites excluding steroid dienone is 2. The van der Waals surface area contributed by atoms with Gasteiger partial charge in [0.05, 0.1) is 0 Å². The van der Waals surface area contributed by atoms with Crippen LogP contribution in [0.1, 0.15) is 0 Å². The first kappa shape index (κ1) is 12.8. The molecule has 1 unspecified atom stereocenters. The van der Waals surface area contributed by atoms with Gasteiger partial charge in [0.15, 0.2) is 0 Å². The molecule has 0 aliphatic rings. The molecule has 0 amide bonds. The third-order valence-electron chi connectivity index (χ3n) is 1.17. The zero-order valence-corrected chi connectivity index (χ0v) is 7.59. The first-order valence-corrected chi connectivity index (χ1v) is 3.65. The van der Waals surface area contributed by atoms with Crippen molar-refractivity contribution >= 4 is 15.9 Å². The minimum Gasteiger partial charge on any atom is -0.221 e. The van der Waals surface area contributed by atoms with Crippen LogP contribution < -0.4 is 0 Å². The Morgan fingerprint density at radius 3 is 1.46 bits per heavy atom. The van der Waals surface area contributed by atoms with Gasteiger partial charge in [-0.05, 0) is 28.9 Å². The van der Waals surface area contributed by atoms with Gasteiger partial charge in [-0.25, -0.2) is 4.39 Å². The lowest BCUT2D eigenvalue weighted by Gasteiger charge is -2.28. The van der Waals surface area contributed by atoms with Gasteiger partial charge in [0, 0.05) is 0 Å². The highest BCUT2D eigenvalue weighted by molar-refractivity contribution is 9.10. The number of halogens is 7. The molecule has 0 aliphatic heterocycles. The molecule has 0 nitrogen and oxygen atoms in total. The summed E-state index contributed by atoms with van der Waals surface area (Å²) < 4.78 is 72.6. The number of hydrogen-bond acceptors (Lipinski definition) is 0. The smallest absolute Gasteiger partial charge is 0.221 e. The molecule has 13 heavy (non-hydrogen) atoms. The molecular weight excluding hydrogens is 266 g/mol. The SMILES string of the molecule is [CH2]/C=C/C(F)(C(F)(F)F)C(F)(F)Br. The zero-order valence-electron chi connectivity index (χ0n) is 6.01. The Morgan fingerprint density at radius 2 is 1.38 bits per heavy atom. The molecule has 1 atom stereocenters. The van der Waals surface area contributed by atoms with Crippen LogP contribution in [0, 0.1) is 6.92 Å². The Kier molecular flexibility index (Phi) is 3.46. The fraction of sp³-hybridized carbons (Fsp3) is 0.500. The highest BCUT2D eigenvalue weighted by Gasteiger charge is 2.68. The predicted octanol–water partition coefficient (Wildman–Crippen LogP) is 3.63. The predicted molar refractivity (Wildman–Crippen MR) is 38.3 cm³/mol. The minimum absolute atomic E-state index is 0.322. The van der Waals surface area contributed by atoms with Gasteiger partial charge in [0.25, 0.3) is 5.67 Å². The summed E-state index contributed by atoms with van der Waals surface area (Å²) >= 11 is 1.33. The van der Waals surface area contributed by atoms with Crippen molar-refractivity contribution in [1.82, 2.24) is 0 Å². The van der Waals surface area contributed by atoms with Crippen molar-refractivity contribution in [2.24, 2.45) is 0 Å². The lowest BCUT2D eigenvalue weighted by Crippen LogP contribution is -2.50. The topological polar surface area (TPSA) is 0 Å². The van der Waals surface area contributed by atoms with Crippen molar-refractivity contribution in [2.75, 3.05) is 0 Å². The van der Waals surface area contributed by atoms with Crippen molar-refractivity contribution < 1.29 is 26.3 Å². The average molecular weight is 270 g/mol. The summed E-state index contributed by atoms with van der Waals surface area (Å²) in [7, 11) is 0. The highest BCUT2D eigenvalue weighted by Crippen LogP contribution is 2.49. The van der Waals surface area contributed by atoms with Gasteiger partial charge in [0.2, 0.25) is 0 Å². The van der Waals surface area contributed by atoms with Gasteiger partial charge in [-0.3, -0.25) is 0 Å². The lowest BCUT2D eigenvalue weighted by atomic mass is 10.1. The second-order valence-electron chi connectivity index (χ2n) is 2.11. The van der Waals surface area contributed by atoms with Crippen molar-refractivity contribution in [1.29, 1.82) is 0 Å². The molecule has 1 radical (unpaired) electrons. The van der Waals surface area contributed by atoms with Crippen LogP contribution in [0.5, 0.6) is 0 Å². The van der Waals surface area contributed by atoms with E-state index in [9.17, 15) is 26.3 Å². The Balaban J connectivity index is 5.21. The molecule has 0 rings (SSSR count). The molecule has 0 heterocycles. The largest absolute Gasteiger partial charge is 0.433 e. The van der Waals surface area contributed by atoms with Crippen LogP contribution in [0.2, 0.25) is 0 Å². The molecule has 0 N–H and O–H groups in total. The van der Waals surface area contributed by atoms with Crippen molar-refractivity contribution in [2.45, 2.75) is 16.7 Å². The number of alkyl halides is 7. The maximum atomic E-state index is 12.8. The summed E-state index contributed by atoms with van der Waals surface area (Å²) in [5, 5.41) is 0. The van der Waals surface area contributed by atoms with E-state index in [1.165, 1.54) is 15.9 Å². The maximum absolute atomic E-state index is 12.8. The van der Waals surface area contributed by atoms with E-state index < -0.39 is 16.7 Å². The van der Waals surface area contributed by atoms with E-state index in [0.717, 1.165) is 0 Å². The second-order valence-corrected chi connectivity index (χ2v) is 3.11. The maximum Gasteiger partial charge on any atom is 0.433 e. The van der Waals surface area contributed by atoms with Crippen LogP contribution in [-0.4, -0.2) is 16.7 Å². The van der Waals surface area contributed by atoms with E-state index in [-0.39, 0.29) is 6.08 Å². The van der Waals surface area contributed by atoms with Crippen molar-refractivity contribution in [3.05, 3.63) is 19.1 Å². The Hall–Kier alpha value is -0.200. The van der Waals surface area contributed by atoms with Crippen molar-refractivity contribution in [3.63, 3.8) is 0 Å². The van der Waals surface area contributed by atoms with Crippen LogP contribution in [-0.2, 0) is 0 Å². The summed E-state index contributed by atoms with van der Waals surface area (Å²) in [6.07, 6.45) is -5.72. The van der Waals surface area contributed by atoms with Crippen LogP contribution in [0.25, 0.3) is 0 Å². The third-order valence-corrected chi connectivity index (χ3v) is 1.75. The highest BCUT2D eigenvalue weighted by atomic mass is 79.9. The van der Waals surface area contributed by atoms with E-state index in [4.69, 9.17) is 0 Å². The summed E-state index contributed by atoms with van der Waals surface area (Å²) in [6, 6.07) is 0. The van der Waals surface area contributed by atoms with Gasteiger partial charge >= 0.3 is 11.0 Å². The molecule has 0 aromatic rings. The summed E-state index contributed by atoms with van der Waals surface area (Å²) in [5.74, 6) is 0. The summed E-state index contributed by atoms with van der Waals surface area (Å²) in [5.41, 5.74) is -4.73. The van der Waals surface area contributed by atoms with Gasteiger partial charge < -0.3 is 0 Å². The molecule has 0 bridgehead atoms. The third kappa shape index (κ3) is 2.38. The van der Waals surface area contributed by atoms with E-state index >= 15 is 0 Å². The van der Waals surface area contributed by atoms with E-state index in [1.807, 2.05) is 0 Å². The molecule has 77 valence electrons. The quantitative estimate of drug-likeness (QED) is 0.531. The van der Waals surface area contributed by atoms with Crippen LogP contribution >= 0.6 is 15.9 Å². The van der Waals surface area contributed by atoms with Crippen LogP contribution in [0.3, 0.4) is 0 Å². The van der Waals surface area contributed by atoms with Gasteiger partial charge in [-0.2, -0.15) is 22.0 Å². The zero-order chi connectivity index (χ0) is 10.9. The van der Waals surface area contributed by atoms with Gasteiger partial charge in [-0.15, -0.1) is 0 Å². The summed E-state index contributed by atoms with van der Waals surface area (Å²) in [6.45, 7) is 2.72. The molecule has 0 aromatic heterocycles. The first-order valence-electron chi connectivity index (χ1n) is 2.85. The van der Waals surface area contributed by atoms with Gasteiger partial charge in [-0.1, -0.05) is 6.08 Å². The molecule has 0 aliphatic carbocycles. The van der Waals surface area contributed by atoms with E-state index in [0.29, 0.717) is 6.08 Å². The van der Waals surface area contributed by atoms with Crippen LogP contribution in [0.4, 0.5) is 26.3 Å². The fourth-order valence-corrected chi connectivity index (χ4v) is 0.869. The molecule has 0 aromatic carbocycles. The molecule has 7 heteroatoms. The number of rotatable bonds is 2. The molecule has 0 saturated carbocycles. The number of hydrogen-bond donors (Lipinski definition) is 0. The lowest BCUT2D eigenvalue weighted by molar-refractivity contribution is -0.254. The minimum atomic E-state index is -5.70. The van der Waals surface area contributed by atoms with Crippen molar-refractivity contribution in [3.8, 4) is 0 Å². The van der Waals surface area contributed by atoms with Gasteiger partial charge in [0.1, 0.15) is 0 Å². The fourth-order valence-electron chi connectivity index (χ4n) is 0.512. The normalized spacial score (nSPS) is 19.1. The summed E-state index contributed by atoms with van der Waals surface area (Å²) in [4.78, 5) is -4.72. The standard InChI is InChI=1S/C6H4BrF6/c1-2-3-4(8,5(7,9)10)6(11,12)13/h2-3H,1H2/b3-2+.